The standard InChI is InChI=1S/C22H34N6O/c1-4-23-22(25-16-18(3)29-19-10-8-9-17(2)15-19)24-13-12-21-27-26-20-11-6-5-7-14-28(20)21/h8-10,15,18H,4-7,11-14,16H2,1-3H3,(H2,23,24,25). The molecule has 2 N–H and O–H groups in total. The monoisotopic (exact) mass is 398 g/mol. The highest BCUT2D eigenvalue weighted by molar-refractivity contribution is 5.79. The summed E-state index contributed by atoms with van der Waals surface area (Å²) in [7, 11) is 0. The summed E-state index contributed by atoms with van der Waals surface area (Å²) in [6.45, 7) is 9.40. The van der Waals surface area contributed by atoms with E-state index in [9.17, 15) is 0 Å². The van der Waals surface area contributed by atoms with Crippen molar-refractivity contribution in [1.82, 2.24) is 25.4 Å². The molecule has 1 unspecified atom stereocenters. The molecule has 7 heteroatoms. The molecule has 0 aliphatic carbocycles. The Balaban J connectivity index is 1.50. The Morgan fingerprint density at radius 1 is 1.24 bits per heavy atom. The summed E-state index contributed by atoms with van der Waals surface area (Å²) in [6.07, 6.45) is 5.60. The van der Waals surface area contributed by atoms with Gasteiger partial charge in [0.1, 0.15) is 23.5 Å². The highest BCUT2D eigenvalue weighted by Gasteiger charge is 2.14. The molecule has 29 heavy (non-hydrogen) atoms. The van der Waals surface area contributed by atoms with Crippen molar-refractivity contribution in [2.45, 2.75) is 65.5 Å². The lowest BCUT2D eigenvalue weighted by molar-refractivity contribution is 0.230. The van der Waals surface area contributed by atoms with Crippen LogP contribution in [0, 0.1) is 6.92 Å². The van der Waals surface area contributed by atoms with E-state index >= 15 is 0 Å². The van der Waals surface area contributed by atoms with Crippen molar-refractivity contribution in [1.29, 1.82) is 0 Å². The van der Waals surface area contributed by atoms with Gasteiger partial charge >= 0.3 is 0 Å². The number of aryl methyl sites for hydroxylation is 2. The predicted molar refractivity (Wildman–Crippen MR) is 117 cm³/mol. The number of ether oxygens (including phenoxy) is 1. The van der Waals surface area contributed by atoms with Gasteiger partial charge in [0.05, 0.1) is 6.54 Å². The Morgan fingerprint density at radius 2 is 2.14 bits per heavy atom. The van der Waals surface area contributed by atoms with Crippen LogP contribution in [0.4, 0.5) is 0 Å². The molecule has 0 radical (unpaired) electrons. The van der Waals surface area contributed by atoms with Gasteiger partial charge in [-0.05, 0) is 51.3 Å². The maximum Gasteiger partial charge on any atom is 0.191 e. The van der Waals surface area contributed by atoms with Gasteiger partial charge in [-0.25, -0.2) is 4.99 Å². The van der Waals surface area contributed by atoms with E-state index in [1.807, 2.05) is 25.1 Å². The topological polar surface area (TPSA) is 76.4 Å². The number of aromatic nitrogens is 3. The summed E-state index contributed by atoms with van der Waals surface area (Å²) in [6, 6.07) is 8.11. The fourth-order valence-corrected chi connectivity index (χ4v) is 3.54. The van der Waals surface area contributed by atoms with Gasteiger partial charge in [0.2, 0.25) is 0 Å². The van der Waals surface area contributed by atoms with E-state index in [1.54, 1.807) is 0 Å². The van der Waals surface area contributed by atoms with E-state index in [0.29, 0.717) is 6.54 Å². The minimum atomic E-state index is -0.000443. The zero-order valence-electron chi connectivity index (χ0n) is 17.9. The van der Waals surface area contributed by atoms with E-state index in [4.69, 9.17) is 4.74 Å². The highest BCUT2D eigenvalue weighted by atomic mass is 16.5. The lowest BCUT2D eigenvalue weighted by atomic mass is 10.2. The predicted octanol–water partition coefficient (Wildman–Crippen LogP) is 2.88. The first kappa shape index (κ1) is 21.1. The molecule has 1 aromatic carbocycles. The molecule has 0 saturated heterocycles. The molecule has 1 aliphatic rings. The lowest BCUT2D eigenvalue weighted by Gasteiger charge is -2.15. The molecule has 1 aliphatic heterocycles. The fraction of sp³-hybridized carbons (Fsp3) is 0.591. The minimum Gasteiger partial charge on any atom is -0.489 e. The van der Waals surface area contributed by atoms with Gasteiger partial charge in [-0.1, -0.05) is 18.6 Å². The van der Waals surface area contributed by atoms with Crippen LogP contribution in [0.5, 0.6) is 5.75 Å². The third kappa shape index (κ3) is 6.48. The average molecular weight is 399 g/mol. The van der Waals surface area contributed by atoms with E-state index < -0.39 is 0 Å². The molecule has 0 bridgehead atoms. The average Bonchev–Trinajstić information content (AvgIpc) is 2.92. The first-order valence-corrected chi connectivity index (χ1v) is 10.8. The van der Waals surface area contributed by atoms with Crippen LogP contribution in [0.15, 0.2) is 29.3 Å². The minimum absolute atomic E-state index is 0.000443. The van der Waals surface area contributed by atoms with Crippen LogP contribution in [0.2, 0.25) is 0 Å². The van der Waals surface area contributed by atoms with Gasteiger partial charge in [-0.2, -0.15) is 0 Å². The van der Waals surface area contributed by atoms with Crippen LogP contribution in [0.3, 0.4) is 0 Å². The Morgan fingerprint density at radius 3 is 2.97 bits per heavy atom. The molecule has 158 valence electrons. The summed E-state index contributed by atoms with van der Waals surface area (Å²) in [5.41, 5.74) is 1.19. The van der Waals surface area contributed by atoms with Gasteiger partial charge in [0.15, 0.2) is 5.96 Å². The number of hydrogen-bond acceptors (Lipinski definition) is 4. The maximum absolute atomic E-state index is 5.98. The number of fused-ring (bicyclic) bond motifs is 1. The zero-order chi connectivity index (χ0) is 20.5. The van der Waals surface area contributed by atoms with Crippen LogP contribution < -0.4 is 15.4 Å². The first-order valence-electron chi connectivity index (χ1n) is 10.8. The van der Waals surface area contributed by atoms with Crippen LogP contribution in [0.25, 0.3) is 0 Å². The van der Waals surface area contributed by atoms with Gasteiger partial charge in [-0.3, -0.25) is 0 Å². The van der Waals surface area contributed by atoms with Crippen molar-refractivity contribution in [3.05, 3.63) is 41.5 Å². The van der Waals surface area contributed by atoms with Crippen molar-refractivity contribution < 1.29 is 4.74 Å². The highest BCUT2D eigenvalue weighted by Crippen LogP contribution is 2.15. The number of aliphatic imine (C=N–C) groups is 1. The largest absolute Gasteiger partial charge is 0.489 e. The Hall–Kier alpha value is -2.57. The number of nitrogens with one attached hydrogen (secondary N) is 2. The number of guanidine groups is 1. The van der Waals surface area contributed by atoms with Crippen LogP contribution in [-0.4, -0.2) is 46.5 Å². The van der Waals surface area contributed by atoms with Gasteiger partial charge in [0, 0.05) is 32.5 Å². The second-order valence-corrected chi connectivity index (χ2v) is 7.64. The Bertz CT molecular complexity index is 800. The third-order valence-corrected chi connectivity index (χ3v) is 5.00. The second-order valence-electron chi connectivity index (χ2n) is 7.64. The SMILES string of the molecule is CCNC(=NCC(C)Oc1cccc(C)c1)NCCc1nnc2n1CCCCC2. The zero-order valence-corrected chi connectivity index (χ0v) is 17.9. The number of benzene rings is 1. The maximum atomic E-state index is 5.98. The van der Waals surface area contributed by atoms with Crippen molar-refractivity contribution in [2.24, 2.45) is 4.99 Å². The molecular formula is C22H34N6O. The van der Waals surface area contributed by atoms with Crippen LogP contribution in [0.1, 0.15) is 50.3 Å². The van der Waals surface area contributed by atoms with E-state index in [0.717, 1.165) is 55.8 Å². The molecule has 0 amide bonds. The molecule has 1 atom stereocenters. The molecule has 0 saturated carbocycles. The quantitative estimate of drug-likeness (QED) is 0.528. The molecule has 0 fully saturated rings. The van der Waals surface area contributed by atoms with Gasteiger partial charge < -0.3 is 19.9 Å². The molecular weight excluding hydrogens is 364 g/mol. The van der Waals surface area contributed by atoms with E-state index in [2.05, 4.69) is 50.3 Å². The number of rotatable bonds is 8. The fourth-order valence-electron chi connectivity index (χ4n) is 3.54. The van der Waals surface area contributed by atoms with E-state index in [1.165, 1.54) is 24.8 Å². The smallest absolute Gasteiger partial charge is 0.191 e. The van der Waals surface area contributed by atoms with Crippen molar-refractivity contribution >= 4 is 5.96 Å². The van der Waals surface area contributed by atoms with E-state index in [-0.39, 0.29) is 6.10 Å². The molecule has 3 rings (SSSR count). The van der Waals surface area contributed by atoms with Gasteiger partial charge in [-0.15, -0.1) is 10.2 Å². The molecule has 1 aromatic heterocycles. The first-order chi connectivity index (χ1) is 14.2. The second kappa shape index (κ2) is 10.8. The Labute approximate surface area is 174 Å². The summed E-state index contributed by atoms with van der Waals surface area (Å²) in [4.78, 5) is 4.68. The molecule has 2 aromatic rings. The summed E-state index contributed by atoms with van der Waals surface area (Å²) < 4.78 is 8.28. The molecule has 2 heterocycles. The third-order valence-electron chi connectivity index (χ3n) is 5.00. The van der Waals surface area contributed by atoms with Crippen molar-refractivity contribution in [3.8, 4) is 5.75 Å². The molecule has 0 spiro atoms. The molecule has 7 nitrogen and oxygen atoms in total. The summed E-state index contributed by atoms with van der Waals surface area (Å²) >= 11 is 0. The summed E-state index contributed by atoms with van der Waals surface area (Å²) in [5.74, 6) is 3.91. The lowest BCUT2D eigenvalue weighted by Crippen LogP contribution is -2.39. The van der Waals surface area contributed by atoms with Crippen molar-refractivity contribution in [2.75, 3.05) is 19.6 Å². The normalized spacial score (nSPS) is 15.3. The van der Waals surface area contributed by atoms with Gasteiger partial charge in [0.25, 0.3) is 0 Å². The summed E-state index contributed by atoms with van der Waals surface area (Å²) in [5, 5.41) is 15.5. The number of hydrogen-bond donors (Lipinski definition) is 2. The van der Waals surface area contributed by atoms with Crippen LogP contribution >= 0.6 is 0 Å². The van der Waals surface area contributed by atoms with Crippen LogP contribution in [-0.2, 0) is 19.4 Å². The Kier molecular flexibility index (Phi) is 7.90. The number of nitrogens with zero attached hydrogens (tertiary/aromatic N) is 4. The van der Waals surface area contributed by atoms with Crippen molar-refractivity contribution in [3.63, 3.8) is 0 Å².